The minimum absolute atomic E-state index is 0.190. The lowest BCUT2D eigenvalue weighted by molar-refractivity contribution is -0.00302. The van der Waals surface area contributed by atoms with Crippen LogP contribution in [-0.4, -0.2) is 49.4 Å². The SMILES string of the molecule is CC(CC1CN(C(=O)OC(C)(C)C)C1)NS(=O)(=O)CCl. The van der Waals surface area contributed by atoms with Crippen LogP contribution in [-0.2, 0) is 14.8 Å². The van der Waals surface area contributed by atoms with Gasteiger partial charge in [0, 0.05) is 19.1 Å². The third kappa shape index (κ3) is 5.85. The molecular formula is C12H23ClN2O4S. The lowest BCUT2D eigenvalue weighted by atomic mass is 9.94. The fourth-order valence-corrected chi connectivity index (χ4v) is 3.04. The topological polar surface area (TPSA) is 75.7 Å². The van der Waals surface area contributed by atoms with Crippen LogP contribution >= 0.6 is 11.6 Å². The Balaban J connectivity index is 2.30. The summed E-state index contributed by atoms with van der Waals surface area (Å²) in [7, 11) is -3.39. The molecule has 1 rings (SSSR count). The van der Waals surface area contributed by atoms with Gasteiger partial charge in [0.1, 0.15) is 10.8 Å². The van der Waals surface area contributed by atoms with Gasteiger partial charge in [0.25, 0.3) is 0 Å². The van der Waals surface area contributed by atoms with Crippen LogP contribution in [0.3, 0.4) is 0 Å². The van der Waals surface area contributed by atoms with Gasteiger partial charge >= 0.3 is 6.09 Å². The third-order valence-corrected chi connectivity index (χ3v) is 4.73. The molecular weight excluding hydrogens is 304 g/mol. The van der Waals surface area contributed by atoms with Crippen LogP contribution in [0.1, 0.15) is 34.1 Å². The van der Waals surface area contributed by atoms with E-state index < -0.39 is 20.8 Å². The van der Waals surface area contributed by atoms with Gasteiger partial charge in [0.2, 0.25) is 10.0 Å². The Bertz CT molecular complexity index is 441. The smallest absolute Gasteiger partial charge is 0.410 e. The van der Waals surface area contributed by atoms with Crippen LogP contribution in [0.15, 0.2) is 0 Å². The van der Waals surface area contributed by atoms with Gasteiger partial charge in [-0.25, -0.2) is 17.9 Å². The predicted molar refractivity (Wildman–Crippen MR) is 78.2 cm³/mol. The Morgan fingerprint density at radius 2 is 2.00 bits per heavy atom. The molecule has 1 atom stereocenters. The summed E-state index contributed by atoms with van der Waals surface area (Å²) in [6, 6.07) is -0.190. The second kappa shape index (κ2) is 6.49. The lowest BCUT2D eigenvalue weighted by Gasteiger charge is -2.40. The highest BCUT2D eigenvalue weighted by molar-refractivity contribution is 7.90. The average molecular weight is 327 g/mol. The maximum Gasteiger partial charge on any atom is 0.410 e. The number of carbonyl (C=O) groups excluding carboxylic acids is 1. The summed E-state index contributed by atoms with van der Waals surface area (Å²) in [4.78, 5) is 13.3. The summed E-state index contributed by atoms with van der Waals surface area (Å²) >= 11 is 5.33. The molecule has 1 amide bonds. The number of amides is 1. The molecule has 1 heterocycles. The van der Waals surface area contributed by atoms with E-state index in [4.69, 9.17) is 16.3 Å². The molecule has 0 radical (unpaired) electrons. The Morgan fingerprint density at radius 1 is 1.45 bits per heavy atom. The second-order valence-electron chi connectivity index (χ2n) is 6.23. The van der Waals surface area contributed by atoms with Gasteiger partial charge < -0.3 is 9.64 Å². The number of halogens is 1. The molecule has 1 unspecified atom stereocenters. The van der Waals surface area contributed by atoms with E-state index in [1.54, 1.807) is 11.8 Å². The first kappa shape index (κ1) is 17.5. The van der Waals surface area contributed by atoms with Crippen LogP contribution in [0.25, 0.3) is 0 Å². The van der Waals surface area contributed by atoms with Crippen molar-refractivity contribution in [2.45, 2.75) is 45.8 Å². The highest BCUT2D eigenvalue weighted by atomic mass is 35.5. The fraction of sp³-hybridized carbons (Fsp3) is 0.917. The number of alkyl halides is 1. The Hall–Kier alpha value is -0.530. The minimum Gasteiger partial charge on any atom is -0.444 e. The fourth-order valence-electron chi connectivity index (χ4n) is 2.08. The number of hydrogen-bond donors (Lipinski definition) is 1. The van der Waals surface area contributed by atoms with Crippen LogP contribution in [0.2, 0.25) is 0 Å². The highest BCUT2D eigenvalue weighted by Crippen LogP contribution is 2.23. The number of likely N-dealkylation sites (tertiary alicyclic amines) is 1. The zero-order chi connectivity index (χ0) is 15.6. The van der Waals surface area contributed by atoms with Crippen molar-refractivity contribution >= 4 is 27.7 Å². The van der Waals surface area contributed by atoms with E-state index in [0.717, 1.165) is 0 Å². The third-order valence-electron chi connectivity index (χ3n) is 2.82. The molecule has 118 valence electrons. The van der Waals surface area contributed by atoms with Gasteiger partial charge in [-0.2, -0.15) is 0 Å². The van der Waals surface area contributed by atoms with E-state index >= 15 is 0 Å². The summed E-state index contributed by atoms with van der Waals surface area (Å²) in [5.41, 5.74) is -0.495. The van der Waals surface area contributed by atoms with E-state index in [1.165, 1.54) is 0 Å². The molecule has 1 aliphatic rings. The first-order chi connectivity index (χ1) is 9.02. The van der Waals surface area contributed by atoms with Gasteiger partial charge in [0.05, 0.1) is 0 Å². The quantitative estimate of drug-likeness (QED) is 0.781. The normalized spacial score (nSPS) is 18.6. The van der Waals surface area contributed by atoms with Gasteiger partial charge in [-0.1, -0.05) is 0 Å². The standard InChI is InChI=1S/C12H23ClN2O4S/c1-9(14-20(17,18)8-13)5-10-6-15(7-10)11(16)19-12(2,3)4/h9-10,14H,5-8H2,1-4H3. The minimum atomic E-state index is -3.39. The van der Waals surface area contributed by atoms with Crippen LogP contribution in [0.4, 0.5) is 4.79 Å². The van der Waals surface area contributed by atoms with Crippen LogP contribution < -0.4 is 4.72 Å². The van der Waals surface area contributed by atoms with E-state index in [0.29, 0.717) is 19.5 Å². The largest absolute Gasteiger partial charge is 0.444 e. The number of hydrogen-bond acceptors (Lipinski definition) is 4. The van der Waals surface area contributed by atoms with Crippen molar-refractivity contribution in [1.29, 1.82) is 0 Å². The molecule has 0 aliphatic carbocycles. The first-order valence-electron chi connectivity index (χ1n) is 6.56. The van der Waals surface area contributed by atoms with E-state index in [-0.39, 0.29) is 18.1 Å². The molecule has 8 heteroatoms. The van der Waals surface area contributed by atoms with Crippen molar-refractivity contribution in [3.63, 3.8) is 0 Å². The average Bonchev–Trinajstić information content (AvgIpc) is 2.19. The van der Waals surface area contributed by atoms with Gasteiger partial charge in [-0.3, -0.25) is 0 Å². The van der Waals surface area contributed by atoms with Gasteiger partial charge in [-0.15, -0.1) is 11.6 Å². The van der Waals surface area contributed by atoms with Crippen molar-refractivity contribution in [3.05, 3.63) is 0 Å². The maximum atomic E-state index is 11.7. The lowest BCUT2D eigenvalue weighted by Crippen LogP contribution is -2.53. The highest BCUT2D eigenvalue weighted by Gasteiger charge is 2.34. The van der Waals surface area contributed by atoms with Gasteiger partial charge in [0.15, 0.2) is 0 Å². The molecule has 1 N–H and O–H groups in total. The number of nitrogens with one attached hydrogen (secondary N) is 1. The molecule has 20 heavy (non-hydrogen) atoms. The van der Waals surface area contributed by atoms with Gasteiger partial charge in [-0.05, 0) is 40.0 Å². The molecule has 1 aliphatic heterocycles. The van der Waals surface area contributed by atoms with Crippen molar-refractivity contribution in [3.8, 4) is 0 Å². The molecule has 0 saturated carbocycles. The van der Waals surface area contributed by atoms with E-state index in [9.17, 15) is 13.2 Å². The molecule has 1 saturated heterocycles. The maximum absolute atomic E-state index is 11.7. The monoisotopic (exact) mass is 326 g/mol. The van der Waals surface area contributed by atoms with E-state index in [1.807, 2.05) is 20.8 Å². The zero-order valence-corrected chi connectivity index (χ0v) is 13.9. The first-order valence-corrected chi connectivity index (χ1v) is 8.75. The van der Waals surface area contributed by atoms with Crippen molar-refractivity contribution < 1.29 is 17.9 Å². The van der Waals surface area contributed by atoms with E-state index in [2.05, 4.69) is 4.72 Å². The number of carbonyl (C=O) groups is 1. The molecule has 0 aromatic heterocycles. The van der Waals surface area contributed by atoms with Crippen LogP contribution in [0.5, 0.6) is 0 Å². The molecule has 0 bridgehead atoms. The molecule has 0 aromatic rings. The Labute approximate surface area is 125 Å². The summed E-state index contributed by atoms with van der Waals surface area (Å²) in [6.07, 6.45) is 0.359. The molecule has 1 fully saturated rings. The van der Waals surface area contributed by atoms with Crippen LogP contribution in [0, 0.1) is 5.92 Å². The van der Waals surface area contributed by atoms with Crippen molar-refractivity contribution in [2.24, 2.45) is 5.92 Å². The number of nitrogens with zero attached hydrogens (tertiary/aromatic N) is 1. The second-order valence-corrected chi connectivity index (χ2v) is 8.57. The molecule has 0 aromatic carbocycles. The Kier molecular flexibility index (Phi) is 5.69. The summed E-state index contributed by atoms with van der Waals surface area (Å²) in [6.45, 7) is 8.46. The number of sulfonamides is 1. The summed E-state index contributed by atoms with van der Waals surface area (Å²) in [5.74, 6) is 0.288. The summed E-state index contributed by atoms with van der Waals surface area (Å²) < 4.78 is 30.3. The Morgan fingerprint density at radius 3 is 2.45 bits per heavy atom. The van der Waals surface area contributed by atoms with Crippen molar-refractivity contribution in [1.82, 2.24) is 9.62 Å². The van der Waals surface area contributed by atoms with Crippen molar-refractivity contribution in [2.75, 3.05) is 18.3 Å². The molecule has 6 nitrogen and oxygen atoms in total. The number of rotatable bonds is 5. The number of ether oxygens (including phenoxy) is 1. The molecule has 0 spiro atoms. The predicted octanol–water partition coefficient (Wildman–Crippen LogP) is 1.75. The zero-order valence-electron chi connectivity index (χ0n) is 12.3. The summed E-state index contributed by atoms with van der Waals surface area (Å²) in [5, 5.41) is -0.438.